The minimum atomic E-state index is -2.01. The van der Waals surface area contributed by atoms with Crippen molar-refractivity contribution in [3.63, 3.8) is 0 Å². The highest BCUT2D eigenvalue weighted by atomic mass is 32.2. The molecule has 41 heavy (non-hydrogen) atoms. The SMILES string of the molecule is CN(C(=O)C=Cc1ccccc1)C(=O)NC(C(=O)N[C@H]1C(=O)N2[C@@H]1SC(C)(C)[C@]2(NC=O)C(=O)O)c1ccccc1. The number of carbonyl (C=O) groups is 6. The number of urea groups is 1. The maximum absolute atomic E-state index is 13.5. The first-order chi connectivity index (χ1) is 19.4. The van der Waals surface area contributed by atoms with E-state index in [1.165, 1.54) is 13.1 Å². The molecule has 2 aromatic rings. The lowest BCUT2D eigenvalue weighted by Gasteiger charge is -2.49. The molecule has 0 aliphatic carbocycles. The molecule has 4 rings (SSSR count). The van der Waals surface area contributed by atoms with Crippen molar-refractivity contribution in [2.45, 2.75) is 41.7 Å². The standard InChI is InChI=1S/C28H29N5O7S/c1-27(2)28(25(38)39,29-16-34)33-23(37)21(24(33)41-27)30-22(36)20(18-12-8-5-9-13-18)31-26(40)32(3)19(35)15-14-17-10-6-4-7-11-17/h4-16,20-21,24H,1-3H3,(H,29,34)(H,30,36)(H,31,40)(H,38,39)/t20?,21-,24+,28-/m0/s1. The summed E-state index contributed by atoms with van der Waals surface area (Å²) >= 11 is 1.12. The first kappa shape index (κ1) is 29.3. The van der Waals surface area contributed by atoms with Crippen molar-refractivity contribution in [3.8, 4) is 0 Å². The summed E-state index contributed by atoms with van der Waals surface area (Å²) in [6, 6.07) is 14.0. The molecule has 6 amide bonds. The molecule has 13 heteroatoms. The molecule has 2 aromatic carbocycles. The summed E-state index contributed by atoms with van der Waals surface area (Å²) in [6.07, 6.45) is 3.01. The third-order valence-electron chi connectivity index (χ3n) is 7.08. The molecule has 2 aliphatic rings. The summed E-state index contributed by atoms with van der Waals surface area (Å²) in [6.45, 7) is 3.16. The highest BCUT2D eigenvalue weighted by molar-refractivity contribution is 8.01. The Kier molecular flexibility index (Phi) is 8.19. The first-order valence-electron chi connectivity index (χ1n) is 12.6. The number of aliphatic carboxylic acids is 1. The number of β-lactam (4-membered cyclic amide) rings is 1. The maximum Gasteiger partial charge on any atom is 0.352 e. The second-order valence-electron chi connectivity index (χ2n) is 9.93. The number of imide groups is 1. The lowest BCUT2D eigenvalue weighted by Crippen LogP contribution is -2.79. The van der Waals surface area contributed by atoms with Crippen LogP contribution in [0.2, 0.25) is 0 Å². The van der Waals surface area contributed by atoms with Crippen LogP contribution < -0.4 is 16.0 Å². The maximum atomic E-state index is 13.5. The van der Waals surface area contributed by atoms with Crippen molar-refractivity contribution in [2.75, 3.05) is 7.05 Å². The van der Waals surface area contributed by atoms with Crippen LogP contribution in [0.4, 0.5) is 4.79 Å². The largest absolute Gasteiger partial charge is 0.478 e. The summed E-state index contributed by atoms with van der Waals surface area (Å²) in [4.78, 5) is 77.7. The topological polar surface area (TPSA) is 165 Å². The van der Waals surface area contributed by atoms with Gasteiger partial charge in [-0.25, -0.2) is 9.59 Å². The number of nitrogens with one attached hydrogen (secondary N) is 3. The molecule has 0 radical (unpaired) electrons. The van der Waals surface area contributed by atoms with Gasteiger partial charge < -0.3 is 21.1 Å². The average Bonchev–Trinajstić information content (AvgIpc) is 3.18. The Morgan fingerprint density at radius 3 is 2.24 bits per heavy atom. The molecule has 2 heterocycles. The molecule has 0 saturated carbocycles. The van der Waals surface area contributed by atoms with Crippen LogP contribution in [0.5, 0.6) is 0 Å². The zero-order chi connectivity index (χ0) is 29.9. The fraction of sp³-hybridized carbons (Fsp3) is 0.286. The van der Waals surface area contributed by atoms with Gasteiger partial charge in [-0.3, -0.25) is 29.0 Å². The molecule has 12 nitrogen and oxygen atoms in total. The number of nitrogens with zero attached hydrogens (tertiary/aromatic N) is 2. The van der Waals surface area contributed by atoms with Gasteiger partial charge in [-0.1, -0.05) is 60.7 Å². The summed E-state index contributed by atoms with van der Waals surface area (Å²) in [5, 5.41) is 16.6. The average molecular weight is 580 g/mol. The molecule has 0 aromatic heterocycles. The summed E-state index contributed by atoms with van der Waals surface area (Å²) < 4.78 is -1.14. The minimum absolute atomic E-state index is 0.228. The van der Waals surface area contributed by atoms with Crippen LogP contribution in [0.15, 0.2) is 66.7 Å². The van der Waals surface area contributed by atoms with Crippen LogP contribution in [0.25, 0.3) is 6.08 Å². The van der Waals surface area contributed by atoms with Crippen LogP contribution in [0.1, 0.15) is 31.0 Å². The van der Waals surface area contributed by atoms with E-state index in [2.05, 4.69) is 16.0 Å². The Bertz CT molecular complexity index is 1400. The van der Waals surface area contributed by atoms with E-state index in [4.69, 9.17) is 0 Å². The number of hydrogen-bond donors (Lipinski definition) is 4. The molecule has 4 N–H and O–H groups in total. The number of hydrogen-bond acceptors (Lipinski definition) is 7. The summed E-state index contributed by atoms with van der Waals surface area (Å²) in [5.41, 5.74) is -0.852. The Morgan fingerprint density at radius 2 is 1.66 bits per heavy atom. The Hall–Kier alpha value is -4.65. The molecule has 1 unspecified atom stereocenters. The van der Waals surface area contributed by atoms with Crippen LogP contribution in [0.3, 0.4) is 0 Å². The van der Waals surface area contributed by atoms with E-state index in [9.17, 15) is 33.9 Å². The van der Waals surface area contributed by atoms with E-state index >= 15 is 0 Å². The monoisotopic (exact) mass is 579 g/mol. The normalized spacial score (nSPS) is 23.1. The third-order valence-corrected chi connectivity index (χ3v) is 8.69. The Morgan fingerprint density at radius 1 is 1.05 bits per heavy atom. The smallest absolute Gasteiger partial charge is 0.352 e. The second-order valence-corrected chi connectivity index (χ2v) is 11.7. The van der Waals surface area contributed by atoms with Gasteiger partial charge in [0.15, 0.2) is 0 Å². The van der Waals surface area contributed by atoms with Crippen molar-refractivity contribution < 1.29 is 33.9 Å². The van der Waals surface area contributed by atoms with Crippen LogP contribution in [0, 0.1) is 0 Å². The van der Waals surface area contributed by atoms with E-state index in [1.807, 2.05) is 6.07 Å². The number of thioether (sulfide) groups is 1. The lowest BCUT2D eigenvalue weighted by atomic mass is 9.88. The molecule has 0 bridgehead atoms. The number of carboxylic acid groups (broad SMARTS) is 1. The fourth-order valence-electron chi connectivity index (χ4n) is 4.85. The number of fused-ring (bicyclic) bond motifs is 1. The molecular weight excluding hydrogens is 550 g/mol. The number of likely N-dealkylation sites (N-methyl/N-ethyl adjacent to an activating group) is 1. The van der Waals surface area contributed by atoms with Gasteiger partial charge in [0.1, 0.15) is 17.5 Å². The zero-order valence-corrected chi connectivity index (χ0v) is 23.3. The molecule has 2 aliphatic heterocycles. The van der Waals surface area contributed by atoms with Crippen molar-refractivity contribution in [1.82, 2.24) is 25.8 Å². The van der Waals surface area contributed by atoms with E-state index in [-0.39, 0.29) is 6.41 Å². The van der Waals surface area contributed by atoms with Crippen LogP contribution in [-0.4, -0.2) is 79.9 Å². The van der Waals surface area contributed by atoms with E-state index < -0.39 is 57.6 Å². The van der Waals surface area contributed by atoms with E-state index in [0.29, 0.717) is 5.56 Å². The van der Waals surface area contributed by atoms with Gasteiger partial charge in [0.25, 0.3) is 11.8 Å². The zero-order valence-electron chi connectivity index (χ0n) is 22.4. The van der Waals surface area contributed by atoms with E-state index in [1.54, 1.807) is 74.5 Å². The first-order valence-corrected chi connectivity index (χ1v) is 13.4. The fourth-order valence-corrected chi connectivity index (χ4v) is 6.56. The van der Waals surface area contributed by atoms with Crippen molar-refractivity contribution in [1.29, 1.82) is 0 Å². The van der Waals surface area contributed by atoms with Gasteiger partial charge in [-0.15, -0.1) is 11.8 Å². The number of rotatable bonds is 9. The van der Waals surface area contributed by atoms with Gasteiger partial charge in [0.2, 0.25) is 18.0 Å². The molecule has 2 fully saturated rings. The predicted octanol–water partition coefficient (Wildman–Crippen LogP) is 1.31. The van der Waals surface area contributed by atoms with Gasteiger partial charge >= 0.3 is 12.0 Å². The quantitative estimate of drug-likeness (QED) is 0.196. The van der Waals surface area contributed by atoms with E-state index in [0.717, 1.165) is 27.1 Å². The predicted molar refractivity (Wildman–Crippen MR) is 150 cm³/mol. The van der Waals surface area contributed by atoms with Crippen molar-refractivity contribution in [3.05, 3.63) is 77.9 Å². The second kappa shape index (κ2) is 11.5. The highest BCUT2D eigenvalue weighted by Gasteiger charge is 2.73. The molecule has 214 valence electrons. The van der Waals surface area contributed by atoms with Crippen molar-refractivity contribution >= 4 is 54.0 Å². The van der Waals surface area contributed by atoms with Crippen LogP contribution in [-0.2, 0) is 24.0 Å². The van der Waals surface area contributed by atoms with Gasteiger partial charge in [-0.2, -0.15) is 0 Å². The molecule has 2 saturated heterocycles. The highest BCUT2D eigenvalue weighted by Crippen LogP contribution is 2.55. The summed E-state index contributed by atoms with van der Waals surface area (Å²) in [5.74, 6) is -3.47. The third kappa shape index (κ3) is 5.27. The minimum Gasteiger partial charge on any atom is -0.478 e. The van der Waals surface area contributed by atoms with Gasteiger partial charge in [-0.05, 0) is 31.1 Å². The summed E-state index contributed by atoms with van der Waals surface area (Å²) in [7, 11) is 1.27. The van der Waals surface area contributed by atoms with Gasteiger partial charge in [0.05, 0.1) is 4.75 Å². The number of amides is 6. The molecular formula is C28H29N5O7S. The number of carbonyl (C=O) groups excluding carboxylic acids is 5. The van der Waals surface area contributed by atoms with Crippen LogP contribution >= 0.6 is 11.8 Å². The van der Waals surface area contributed by atoms with Gasteiger partial charge in [0, 0.05) is 13.1 Å². The van der Waals surface area contributed by atoms with Crippen molar-refractivity contribution in [2.24, 2.45) is 0 Å². The number of carboxylic acids is 1. The molecule has 4 atom stereocenters. The lowest BCUT2D eigenvalue weighted by molar-refractivity contribution is -0.175. The number of benzene rings is 2. The Balaban J connectivity index is 1.51. The molecule has 0 spiro atoms. The Labute approximate surface area is 240 Å².